The summed E-state index contributed by atoms with van der Waals surface area (Å²) in [5.41, 5.74) is 2.31. The molecule has 7 nitrogen and oxygen atoms in total. The lowest BCUT2D eigenvalue weighted by Gasteiger charge is -2.25. The molecule has 0 spiro atoms. The van der Waals surface area contributed by atoms with E-state index >= 15 is 0 Å². The van der Waals surface area contributed by atoms with E-state index in [1.807, 2.05) is 44.3 Å². The van der Waals surface area contributed by atoms with Crippen molar-refractivity contribution in [3.05, 3.63) is 97.6 Å². The normalized spacial score (nSPS) is 13.1. The van der Waals surface area contributed by atoms with Crippen molar-refractivity contribution in [2.24, 2.45) is 7.05 Å². The van der Waals surface area contributed by atoms with Gasteiger partial charge in [0.15, 0.2) is 0 Å². The third-order valence-electron chi connectivity index (χ3n) is 5.96. The molecule has 0 radical (unpaired) electrons. The first-order valence-corrected chi connectivity index (χ1v) is 14.5. The molecule has 2 aromatic heterocycles. The van der Waals surface area contributed by atoms with Crippen molar-refractivity contribution in [1.29, 1.82) is 0 Å². The predicted octanol–water partition coefficient (Wildman–Crippen LogP) is 5.83. The molecule has 1 unspecified atom stereocenters. The number of hydrogen-bond acceptors (Lipinski definition) is 5. The van der Waals surface area contributed by atoms with Crippen LogP contribution in [0.2, 0.25) is 5.02 Å². The smallest absolute Gasteiger partial charge is 0.316 e. The molecule has 0 aliphatic carbocycles. The number of benzene rings is 2. The number of hydrogen-bond donors (Lipinski definition) is 1. The third-order valence-corrected chi connectivity index (χ3v) is 9.41. The zero-order chi connectivity index (χ0) is 26.0. The predicted molar refractivity (Wildman–Crippen MR) is 146 cm³/mol. The maximum absolute atomic E-state index is 13.3. The summed E-state index contributed by atoms with van der Waals surface area (Å²) in [6.07, 6.45) is 1.57. The fraction of sp³-hybridized carbons (Fsp3) is 0.231. The van der Waals surface area contributed by atoms with Gasteiger partial charge >= 0.3 is 7.52 Å². The molecule has 0 aliphatic heterocycles. The molecule has 0 bridgehead atoms. The largest absolute Gasteiger partial charge is 0.433 e. The standard InChI is InChI=1S/C26H27ClN3O4PS/c1-17-22(16-30(3)35(4,33)34-20-8-6-5-7-9-20)36-25-23(17)29(2)15-21(24(25)31)26(32)28-14-18-10-12-19(27)13-11-18/h5-13,15H,14,16H2,1-4H3,(H,28,32). The Balaban J connectivity index is 1.57. The summed E-state index contributed by atoms with van der Waals surface area (Å²) in [6.45, 7) is 4.12. The lowest BCUT2D eigenvalue weighted by atomic mass is 10.1. The average molecular weight is 544 g/mol. The van der Waals surface area contributed by atoms with Gasteiger partial charge in [-0.1, -0.05) is 41.9 Å². The second-order valence-corrected chi connectivity index (χ2v) is 12.7. The Kier molecular flexibility index (Phi) is 7.71. The van der Waals surface area contributed by atoms with Crippen molar-refractivity contribution in [2.75, 3.05) is 13.7 Å². The zero-order valence-corrected chi connectivity index (χ0v) is 22.9. The molecule has 36 heavy (non-hydrogen) atoms. The van der Waals surface area contributed by atoms with Gasteiger partial charge in [0.2, 0.25) is 5.43 Å². The van der Waals surface area contributed by atoms with Crippen LogP contribution in [0.4, 0.5) is 0 Å². The Morgan fingerprint density at radius 1 is 1.17 bits per heavy atom. The number of amides is 1. The molecule has 1 amide bonds. The molecule has 10 heteroatoms. The molecule has 1 N–H and O–H groups in total. The van der Waals surface area contributed by atoms with Crippen LogP contribution >= 0.6 is 30.5 Å². The minimum absolute atomic E-state index is 0.0775. The van der Waals surface area contributed by atoms with E-state index in [0.29, 0.717) is 22.0 Å². The Morgan fingerprint density at radius 2 is 1.83 bits per heavy atom. The van der Waals surface area contributed by atoms with Crippen molar-refractivity contribution in [2.45, 2.75) is 20.0 Å². The number of rotatable bonds is 8. The number of thiophene rings is 1. The second-order valence-electron chi connectivity index (χ2n) is 8.64. The highest BCUT2D eigenvalue weighted by Crippen LogP contribution is 2.47. The fourth-order valence-corrected chi connectivity index (χ4v) is 6.47. The Bertz CT molecular complexity index is 1520. The first-order valence-electron chi connectivity index (χ1n) is 11.2. The van der Waals surface area contributed by atoms with E-state index in [2.05, 4.69) is 5.32 Å². The zero-order valence-electron chi connectivity index (χ0n) is 20.4. The highest BCUT2D eigenvalue weighted by Gasteiger charge is 2.27. The number of carbonyl (C=O) groups excluding carboxylic acids is 1. The molecule has 4 rings (SSSR count). The number of pyridine rings is 1. The van der Waals surface area contributed by atoms with Crippen LogP contribution in [0.3, 0.4) is 0 Å². The molecule has 2 heterocycles. The Hall–Kier alpha value is -2.90. The van der Waals surface area contributed by atoms with Crippen LogP contribution in [-0.4, -0.2) is 28.9 Å². The molecule has 0 aliphatic rings. The molecule has 188 valence electrons. The first kappa shape index (κ1) is 26.2. The number of nitrogens with zero attached hydrogens (tertiary/aromatic N) is 2. The molecule has 2 aromatic carbocycles. The number of nitrogens with one attached hydrogen (secondary N) is 1. The van der Waals surface area contributed by atoms with Crippen LogP contribution in [0.15, 0.2) is 65.6 Å². The number of aromatic nitrogens is 1. The molecule has 0 fully saturated rings. The number of fused-ring (bicyclic) bond motifs is 1. The van der Waals surface area contributed by atoms with Crippen LogP contribution in [0.1, 0.15) is 26.4 Å². The number of para-hydroxylation sites is 1. The molecule has 0 saturated carbocycles. The van der Waals surface area contributed by atoms with E-state index in [-0.39, 0.29) is 17.5 Å². The van der Waals surface area contributed by atoms with Crippen LogP contribution in [0.25, 0.3) is 10.2 Å². The van der Waals surface area contributed by atoms with Crippen LogP contribution in [-0.2, 0) is 24.7 Å². The maximum Gasteiger partial charge on any atom is 0.316 e. The summed E-state index contributed by atoms with van der Waals surface area (Å²) in [6, 6.07) is 16.2. The van der Waals surface area contributed by atoms with E-state index in [1.54, 1.807) is 53.4 Å². The Labute approximate surface area is 218 Å². The van der Waals surface area contributed by atoms with Crippen LogP contribution in [0, 0.1) is 6.92 Å². The van der Waals surface area contributed by atoms with Gasteiger partial charge in [-0.3, -0.25) is 14.2 Å². The van der Waals surface area contributed by atoms with Crippen molar-refractivity contribution < 1.29 is 13.9 Å². The first-order chi connectivity index (χ1) is 17.1. The molecular weight excluding hydrogens is 517 g/mol. The molecule has 0 saturated heterocycles. The third kappa shape index (κ3) is 5.57. The van der Waals surface area contributed by atoms with Crippen LogP contribution < -0.4 is 15.3 Å². The lowest BCUT2D eigenvalue weighted by Crippen LogP contribution is -2.29. The van der Waals surface area contributed by atoms with Crippen molar-refractivity contribution in [3.63, 3.8) is 0 Å². The Morgan fingerprint density at radius 3 is 2.50 bits per heavy atom. The SMILES string of the molecule is Cc1c(CN(C)P(C)(=O)Oc2ccccc2)sc2c(=O)c(C(=O)NCc3ccc(Cl)cc3)cn(C)c12. The van der Waals surface area contributed by atoms with Gasteiger partial charge < -0.3 is 14.4 Å². The van der Waals surface area contributed by atoms with Gasteiger partial charge in [0, 0.05) is 42.9 Å². The lowest BCUT2D eigenvalue weighted by molar-refractivity contribution is 0.0949. The van der Waals surface area contributed by atoms with E-state index in [0.717, 1.165) is 21.5 Å². The summed E-state index contributed by atoms with van der Waals surface area (Å²) < 4.78 is 23.0. The van der Waals surface area contributed by atoms with Gasteiger partial charge in [0.05, 0.1) is 10.2 Å². The molecular formula is C26H27ClN3O4PS. The van der Waals surface area contributed by atoms with Crippen molar-refractivity contribution in [1.82, 2.24) is 14.6 Å². The van der Waals surface area contributed by atoms with Gasteiger partial charge in [-0.25, -0.2) is 4.67 Å². The number of carbonyl (C=O) groups is 1. The highest BCUT2D eigenvalue weighted by molar-refractivity contribution is 7.56. The fourth-order valence-electron chi connectivity index (χ4n) is 3.84. The van der Waals surface area contributed by atoms with E-state index in [9.17, 15) is 14.2 Å². The van der Waals surface area contributed by atoms with Crippen molar-refractivity contribution in [3.8, 4) is 5.75 Å². The van der Waals surface area contributed by atoms with Gasteiger partial charge in [-0.2, -0.15) is 0 Å². The summed E-state index contributed by atoms with van der Waals surface area (Å²) in [4.78, 5) is 27.0. The maximum atomic E-state index is 13.3. The highest BCUT2D eigenvalue weighted by atomic mass is 35.5. The number of aryl methyl sites for hydroxylation is 2. The summed E-state index contributed by atoms with van der Waals surface area (Å²) >= 11 is 7.23. The monoisotopic (exact) mass is 543 g/mol. The minimum Gasteiger partial charge on any atom is -0.433 e. The molecule has 1 atom stereocenters. The van der Waals surface area contributed by atoms with Gasteiger partial charge in [0.1, 0.15) is 11.3 Å². The van der Waals surface area contributed by atoms with Gasteiger partial charge in [-0.05, 0) is 49.4 Å². The van der Waals surface area contributed by atoms with E-state index in [4.69, 9.17) is 16.1 Å². The van der Waals surface area contributed by atoms with Gasteiger partial charge in [-0.15, -0.1) is 11.3 Å². The quantitative estimate of drug-likeness (QED) is 0.283. The summed E-state index contributed by atoms with van der Waals surface area (Å²) in [5.74, 6) is 0.0947. The van der Waals surface area contributed by atoms with E-state index in [1.165, 1.54) is 11.3 Å². The molecule has 4 aromatic rings. The number of halogens is 1. The van der Waals surface area contributed by atoms with E-state index < -0.39 is 13.4 Å². The summed E-state index contributed by atoms with van der Waals surface area (Å²) in [7, 11) is 0.409. The van der Waals surface area contributed by atoms with Gasteiger partial charge in [0.25, 0.3) is 5.91 Å². The van der Waals surface area contributed by atoms with Crippen molar-refractivity contribution >= 4 is 46.6 Å². The topological polar surface area (TPSA) is 80.6 Å². The second kappa shape index (κ2) is 10.6. The van der Waals surface area contributed by atoms with Crippen LogP contribution in [0.5, 0.6) is 5.75 Å². The average Bonchev–Trinajstić information content (AvgIpc) is 3.18. The minimum atomic E-state index is -3.14. The summed E-state index contributed by atoms with van der Waals surface area (Å²) in [5, 5.41) is 3.43.